The molecule has 120 valence electrons. The molecule has 1 saturated carbocycles. The summed E-state index contributed by atoms with van der Waals surface area (Å²) < 4.78 is 5.66. The molecule has 2 rings (SSSR count). The van der Waals surface area contributed by atoms with Gasteiger partial charge in [0.15, 0.2) is 0 Å². The van der Waals surface area contributed by atoms with Crippen molar-refractivity contribution in [1.82, 2.24) is 10.3 Å². The number of oxazole rings is 1. The number of anilines is 1. The van der Waals surface area contributed by atoms with Gasteiger partial charge in [-0.1, -0.05) is 27.7 Å². The van der Waals surface area contributed by atoms with Crippen LogP contribution in [0.15, 0.2) is 10.7 Å². The van der Waals surface area contributed by atoms with Crippen molar-refractivity contribution in [2.45, 2.75) is 66.0 Å². The Morgan fingerprint density at radius 2 is 2.05 bits per heavy atom. The van der Waals surface area contributed by atoms with Crippen molar-refractivity contribution >= 4 is 6.01 Å². The van der Waals surface area contributed by atoms with Crippen molar-refractivity contribution in [3.05, 3.63) is 12.0 Å². The van der Waals surface area contributed by atoms with Crippen LogP contribution in [0, 0.1) is 11.3 Å². The van der Waals surface area contributed by atoms with Gasteiger partial charge in [-0.2, -0.15) is 4.98 Å². The van der Waals surface area contributed by atoms with Crippen LogP contribution in [0.5, 0.6) is 0 Å². The lowest BCUT2D eigenvalue weighted by molar-refractivity contribution is 0.220. The highest BCUT2D eigenvalue weighted by molar-refractivity contribution is 5.27. The summed E-state index contributed by atoms with van der Waals surface area (Å²) in [6.07, 6.45) is 6.81. The van der Waals surface area contributed by atoms with Crippen LogP contribution in [0.3, 0.4) is 0 Å². The second-order valence-electron chi connectivity index (χ2n) is 7.65. The zero-order chi connectivity index (χ0) is 15.5. The molecule has 0 spiro atoms. The lowest BCUT2D eigenvalue weighted by atomic mass is 9.75. The van der Waals surface area contributed by atoms with Crippen LogP contribution in [-0.4, -0.2) is 24.6 Å². The third kappa shape index (κ3) is 4.73. The fourth-order valence-corrected chi connectivity index (χ4v) is 2.96. The highest BCUT2D eigenvalue weighted by Crippen LogP contribution is 2.37. The van der Waals surface area contributed by atoms with Gasteiger partial charge in [0.25, 0.3) is 6.01 Å². The van der Waals surface area contributed by atoms with Crippen LogP contribution < -0.4 is 10.2 Å². The van der Waals surface area contributed by atoms with Crippen LogP contribution in [0.2, 0.25) is 0 Å². The second-order valence-corrected chi connectivity index (χ2v) is 7.65. The molecule has 0 saturated heterocycles. The van der Waals surface area contributed by atoms with Crippen molar-refractivity contribution in [2.24, 2.45) is 11.3 Å². The van der Waals surface area contributed by atoms with Gasteiger partial charge in [-0.25, -0.2) is 0 Å². The van der Waals surface area contributed by atoms with Crippen LogP contribution in [-0.2, 0) is 6.54 Å². The van der Waals surface area contributed by atoms with Gasteiger partial charge in [0.1, 0.15) is 6.26 Å². The van der Waals surface area contributed by atoms with Crippen LogP contribution in [0.1, 0.15) is 59.1 Å². The van der Waals surface area contributed by atoms with Crippen molar-refractivity contribution in [1.29, 1.82) is 0 Å². The van der Waals surface area contributed by atoms with Gasteiger partial charge in [0.05, 0.1) is 5.69 Å². The molecule has 0 radical (unpaired) electrons. The van der Waals surface area contributed by atoms with E-state index in [0.717, 1.165) is 24.8 Å². The summed E-state index contributed by atoms with van der Waals surface area (Å²) in [6, 6.07) is 1.33. The smallest absolute Gasteiger partial charge is 0.297 e. The second kappa shape index (κ2) is 6.82. The van der Waals surface area contributed by atoms with Crippen LogP contribution in [0.4, 0.5) is 6.01 Å². The van der Waals surface area contributed by atoms with E-state index >= 15 is 0 Å². The summed E-state index contributed by atoms with van der Waals surface area (Å²) in [5.41, 5.74) is 1.49. The molecular weight excluding hydrogens is 262 g/mol. The van der Waals surface area contributed by atoms with Gasteiger partial charge in [-0.3, -0.25) is 0 Å². The molecule has 1 N–H and O–H groups in total. The number of nitrogens with one attached hydrogen (secondary N) is 1. The van der Waals surface area contributed by atoms with Crippen molar-refractivity contribution in [3.8, 4) is 0 Å². The predicted octanol–water partition coefficient (Wildman–Crippen LogP) is 3.83. The Kier molecular flexibility index (Phi) is 5.31. The van der Waals surface area contributed by atoms with Gasteiger partial charge in [-0.05, 0) is 43.6 Å². The summed E-state index contributed by atoms with van der Waals surface area (Å²) in [7, 11) is 2.11. The predicted molar refractivity (Wildman–Crippen MR) is 87.5 cm³/mol. The SMILES string of the molecule is CC(C)CNCc1coc(N(C)C2CCC(C)(C)CC2)n1. The van der Waals surface area contributed by atoms with E-state index in [2.05, 4.69) is 49.9 Å². The Hall–Kier alpha value is -1.03. The van der Waals surface area contributed by atoms with E-state index in [1.807, 2.05) is 0 Å². The molecule has 1 aliphatic rings. The normalized spacial score (nSPS) is 19.1. The van der Waals surface area contributed by atoms with Gasteiger partial charge >= 0.3 is 0 Å². The standard InChI is InChI=1S/C17H31N3O/c1-13(2)10-18-11-14-12-21-16(19-14)20(5)15-6-8-17(3,4)9-7-15/h12-13,15,18H,6-11H2,1-5H3. The zero-order valence-corrected chi connectivity index (χ0v) is 14.3. The molecule has 1 fully saturated rings. The van der Waals surface area contributed by atoms with Gasteiger partial charge in [-0.15, -0.1) is 0 Å². The summed E-state index contributed by atoms with van der Waals surface area (Å²) in [5, 5.41) is 3.40. The lowest BCUT2D eigenvalue weighted by Crippen LogP contribution is -2.37. The maximum absolute atomic E-state index is 5.66. The highest BCUT2D eigenvalue weighted by atomic mass is 16.4. The summed E-state index contributed by atoms with van der Waals surface area (Å²) >= 11 is 0. The molecule has 21 heavy (non-hydrogen) atoms. The maximum Gasteiger partial charge on any atom is 0.297 e. The number of nitrogens with zero attached hydrogens (tertiary/aromatic N) is 2. The molecule has 0 aliphatic heterocycles. The van der Waals surface area contributed by atoms with E-state index in [1.165, 1.54) is 25.7 Å². The van der Waals surface area contributed by atoms with E-state index in [4.69, 9.17) is 4.42 Å². The van der Waals surface area contributed by atoms with E-state index in [9.17, 15) is 0 Å². The third-order valence-electron chi connectivity index (χ3n) is 4.56. The number of hydrogen-bond donors (Lipinski definition) is 1. The first-order valence-electron chi connectivity index (χ1n) is 8.25. The fourth-order valence-electron chi connectivity index (χ4n) is 2.96. The molecule has 1 aromatic rings. The topological polar surface area (TPSA) is 41.3 Å². The molecule has 0 bridgehead atoms. The van der Waals surface area contributed by atoms with E-state index in [0.29, 0.717) is 17.4 Å². The van der Waals surface area contributed by atoms with Crippen molar-refractivity contribution in [3.63, 3.8) is 0 Å². The van der Waals surface area contributed by atoms with Gasteiger partial charge in [0, 0.05) is 19.6 Å². The number of hydrogen-bond acceptors (Lipinski definition) is 4. The average molecular weight is 293 g/mol. The van der Waals surface area contributed by atoms with E-state index in [-0.39, 0.29) is 0 Å². The molecular formula is C17H31N3O. The minimum atomic E-state index is 0.500. The highest BCUT2D eigenvalue weighted by Gasteiger charge is 2.30. The minimum Gasteiger partial charge on any atom is -0.432 e. The number of rotatable bonds is 6. The molecule has 0 atom stereocenters. The molecule has 4 heteroatoms. The van der Waals surface area contributed by atoms with Crippen molar-refractivity contribution in [2.75, 3.05) is 18.5 Å². The van der Waals surface area contributed by atoms with E-state index in [1.54, 1.807) is 6.26 Å². The monoisotopic (exact) mass is 293 g/mol. The first kappa shape index (κ1) is 16.3. The van der Waals surface area contributed by atoms with E-state index < -0.39 is 0 Å². The summed E-state index contributed by atoms with van der Waals surface area (Å²) in [6.45, 7) is 10.9. The van der Waals surface area contributed by atoms with Crippen molar-refractivity contribution < 1.29 is 4.42 Å². The molecule has 1 aromatic heterocycles. The Balaban J connectivity index is 1.86. The third-order valence-corrected chi connectivity index (χ3v) is 4.56. The minimum absolute atomic E-state index is 0.500. The Morgan fingerprint density at radius 3 is 2.67 bits per heavy atom. The molecule has 1 heterocycles. The van der Waals surface area contributed by atoms with Gasteiger partial charge < -0.3 is 14.6 Å². The first-order chi connectivity index (χ1) is 9.87. The Morgan fingerprint density at radius 1 is 1.38 bits per heavy atom. The largest absolute Gasteiger partial charge is 0.432 e. The number of aromatic nitrogens is 1. The van der Waals surface area contributed by atoms with Crippen LogP contribution >= 0.6 is 0 Å². The fraction of sp³-hybridized carbons (Fsp3) is 0.824. The first-order valence-corrected chi connectivity index (χ1v) is 8.25. The summed E-state index contributed by atoms with van der Waals surface area (Å²) in [4.78, 5) is 6.84. The maximum atomic E-state index is 5.66. The Labute approximate surface area is 129 Å². The van der Waals surface area contributed by atoms with Crippen LogP contribution in [0.25, 0.3) is 0 Å². The molecule has 0 amide bonds. The Bertz CT molecular complexity index is 429. The lowest BCUT2D eigenvalue weighted by Gasteiger charge is -2.37. The molecule has 4 nitrogen and oxygen atoms in total. The quantitative estimate of drug-likeness (QED) is 0.865. The molecule has 0 aromatic carbocycles. The molecule has 0 unspecified atom stereocenters. The average Bonchev–Trinajstić information content (AvgIpc) is 2.86. The zero-order valence-electron chi connectivity index (χ0n) is 14.3. The molecule has 1 aliphatic carbocycles. The van der Waals surface area contributed by atoms with Gasteiger partial charge in [0.2, 0.25) is 0 Å². The summed E-state index contributed by atoms with van der Waals surface area (Å²) in [5.74, 6) is 0.657.